The SMILES string of the molecule is COc1ccc(S(=O)(=O)N(CC(C)C)C[C@@H](O)[C@H](Cc2ccccc2)NC(=O)[C@@H]2CCCNC2)cc1. The number of carbonyl (C=O) groups excluding carboxylic acids is 1. The zero-order chi connectivity index (χ0) is 26.1. The van der Waals surface area contributed by atoms with Crippen molar-refractivity contribution in [3.63, 3.8) is 0 Å². The van der Waals surface area contributed by atoms with E-state index in [9.17, 15) is 18.3 Å². The summed E-state index contributed by atoms with van der Waals surface area (Å²) in [5, 5.41) is 17.6. The number of amides is 1. The molecule has 0 aliphatic carbocycles. The maximum Gasteiger partial charge on any atom is 0.243 e. The van der Waals surface area contributed by atoms with E-state index in [4.69, 9.17) is 4.74 Å². The minimum absolute atomic E-state index is 0.0423. The van der Waals surface area contributed by atoms with Crippen molar-refractivity contribution in [3.8, 4) is 5.75 Å². The fourth-order valence-electron chi connectivity index (χ4n) is 4.44. The van der Waals surface area contributed by atoms with E-state index in [2.05, 4.69) is 10.6 Å². The maximum absolute atomic E-state index is 13.5. The topological polar surface area (TPSA) is 108 Å². The van der Waals surface area contributed by atoms with Gasteiger partial charge in [0.25, 0.3) is 0 Å². The molecule has 0 bridgehead atoms. The lowest BCUT2D eigenvalue weighted by Gasteiger charge is -2.32. The Hall–Kier alpha value is -2.46. The molecular weight excluding hydrogens is 478 g/mol. The molecule has 198 valence electrons. The Labute approximate surface area is 215 Å². The number of piperidine rings is 1. The number of sulfonamides is 1. The summed E-state index contributed by atoms with van der Waals surface area (Å²) in [6.07, 6.45) is 1.01. The number of aliphatic hydroxyl groups is 1. The first-order chi connectivity index (χ1) is 17.2. The number of ether oxygens (including phenoxy) is 1. The van der Waals surface area contributed by atoms with Crippen LogP contribution in [0.3, 0.4) is 0 Å². The molecule has 3 N–H and O–H groups in total. The van der Waals surface area contributed by atoms with Gasteiger partial charge in [-0.15, -0.1) is 0 Å². The van der Waals surface area contributed by atoms with Gasteiger partial charge in [0.15, 0.2) is 0 Å². The van der Waals surface area contributed by atoms with Crippen LogP contribution in [0, 0.1) is 11.8 Å². The average molecular weight is 518 g/mol. The van der Waals surface area contributed by atoms with Crippen LogP contribution in [0.4, 0.5) is 0 Å². The lowest BCUT2D eigenvalue weighted by Crippen LogP contribution is -2.53. The fraction of sp³-hybridized carbons (Fsp3) is 0.519. The molecule has 1 aliphatic heterocycles. The predicted molar refractivity (Wildman–Crippen MR) is 140 cm³/mol. The zero-order valence-electron chi connectivity index (χ0n) is 21.4. The van der Waals surface area contributed by atoms with Gasteiger partial charge in [0.1, 0.15) is 5.75 Å². The van der Waals surface area contributed by atoms with Crippen LogP contribution in [0.1, 0.15) is 32.3 Å². The summed E-state index contributed by atoms with van der Waals surface area (Å²) in [6.45, 7) is 5.47. The van der Waals surface area contributed by atoms with Crippen molar-refractivity contribution in [2.45, 2.75) is 50.2 Å². The van der Waals surface area contributed by atoms with Crippen molar-refractivity contribution < 1.29 is 23.1 Å². The van der Waals surface area contributed by atoms with E-state index in [0.29, 0.717) is 18.7 Å². The second-order valence-electron chi connectivity index (χ2n) is 9.81. The number of hydrogen-bond acceptors (Lipinski definition) is 6. The molecule has 1 saturated heterocycles. The summed E-state index contributed by atoms with van der Waals surface area (Å²) in [6, 6.07) is 15.2. The molecule has 3 atom stereocenters. The highest BCUT2D eigenvalue weighted by Crippen LogP contribution is 2.22. The monoisotopic (exact) mass is 517 g/mol. The largest absolute Gasteiger partial charge is 0.497 e. The number of benzene rings is 2. The van der Waals surface area contributed by atoms with Crippen LogP contribution in [0.15, 0.2) is 59.5 Å². The molecule has 0 spiro atoms. The molecule has 2 aromatic carbocycles. The van der Waals surface area contributed by atoms with Crippen molar-refractivity contribution >= 4 is 15.9 Å². The predicted octanol–water partition coefficient (Wildman–Crippen LogP) is 2.43. The third-order valence-corrected chi connectivity index (χ3v) is 8.26. The van der Waals surface area contributed by atoms with E-state index in [1.807, 2.05) is 44.2 Å². The number of hydrogen-bond donors (Lipinski definition) is 3. The van der Waals surface area contributed by atoms with Gasteiger partial charge in [-0.05, 0) is 61.6 Å². The molecule has 2 aromatic rings. The van der Waals surface area contributed by atoms with E-state index in [1.165, 1.54) is 23.5 Å². The van der Waals surface area contributed by atoms with Crippen LogP contribution in [0.5, 0.6) is 5.75 Å². The molecule has 0 aromatic heterocycles. The number of aliphatic hydroxyl groups excluding tert-OH is 1. The lowest BCUT2D eigenvalue weighted by molar-refractivity contribution is -0.127. The van der Waals surface area contributed by atoms with Crippen LogP contribution in [0.2, 0.25) is 0 Å². The van der Waals surface area contributed by atoms with E-state index in [1.54, 1.807) is 12.1 Å². The van der Waals surface area contributed by atoms with E-state index in [-0.39, 0.29) is 35.7 Å². The van der Waals surface area contributed by atoms with Gasteiger partial charge >= 0.3 is 0 Å². The van der Waals surface area contributed by atoms with Crippen molar-refractivity contribution in [1.82, 2.24) is 14.9 Å². The van der Waals surface area contributed by atoms with E-state index in [0.717, 1.165) is 24.9 Å². The Balaban J connectivity index is 1.83. The highest BCUT2D eigenvalue weighted by Gasteiger charge is 2.32. The Morgan fingerprint density at radius 3 is 2.42 bits per heavy atom. The average Bonchev–Trinajstić information content (AvgIpc) is 2.88. The van der Waals surface area contributed by atoms with Gasteiger partial charge in [-0.3, -0.25) is 4.79 Å². The lowest BCUT2D eigenvalue weighted by atomic mass is 9.96. The Morgan fingerprint density at radius 2 is 1.83 bits per heavy atom. The fourth-order valence-corrected chi connectivity index (χ4v) is 6.06. The van der Waals surface area contributed by atoms with Crippen molar-refractivity contribution in [1.29, 1.82) is 0 Å². The minimum atomic E-state index is -3.88. The standard InChI is InChI=1S/C27H39N3O5S/c1-20(2)18-30(36(33,34)24-13-11-23(35-3)12-14-24)19-26(31)25(16-21-8-5-4-6-9-21)29-27(32)22-10-7-15-28-17-22/h4-6,8-9,11-14,20,22,25-26,28,31H,7,10,15-19H2,1-3H3,(H,29,32)/t22-,25+,26-/m1/s1. The molecule has 36 heavy (non-hydrogen) atoms. The summed E-state index contributed by atoms with van der Waals surface area (Å²) in [7, 11) is -2.35. The number of nitrogens with one attached hydrogen (secondary N) is 2. The van der Waals surface area contributed by atoms with Crippen molar-refractivity contribution in [2.24, 2.45) is 11.8 Å². The summed E-state index contributed by atoms with van der Waals surface area (Å²) in [5.74, 6) is 0.322. The van der Waals surface area contributed by atoms with Gasteiger partial charge in [0, 0.05) is 19.6 Å². The number of carbonyl (C=O) groups is 1. The number of nitrogens with zero attached hydrogens (tertiary/aromatic N) is 1. The van der Waals surface area contributed by atoms with Crippen LogP contribution < -0.4 is 15.4 Å². The van der Waals surface area contributed by atoms with Gasteiger partial charge in [0.05, 0.1) is 30.1 Å². The molecule has 1 aliphatic rings. The van der Waals surface area contributed by atoms with Crippen LogP contribution >= 0.6 is 0 Å². The van der Waals surface area contributed by atoms with Gasteiger partial charge in [0.2, 0.25) is 15.9 Å². The minimum Gasteiger partial charge on any atom is -0.497 e. The molecule has 3 rings (SSSR count). The third kappa shape index (κ3) is 7.77. The van der Waals surface area contributed by atoms with Crippen LogP contribution in [-0.4, -0.2) is 69.2 Å². The molecule has 1 amide bonds. The Bertz CT molecular complexity index is 1050. The van der Waals surface area contributed by atoms with Gasteiger partial charge in [-0.25, -0.2) is 8.42 Å². The number of methoxy groups -OCH3 is 1. The first kappa shape index (κ1) is 28.1. The molecule has 1 fully saturated rings. The van der Waals surface area contributed by atoms with Crippen molar-refractivity contribution in [3.05, 3.63) is 60.2 Å². The first-order valence-corrected chi connectivity index (χ1v) is 14.0. The highest BCUT2D eigenvalue weighted by atomic mass is 32.2. The molecule has 0 unspecified atom stereocenters. The normalized spacial score (nSPS) is 18.1. The molecule has 1 heterocycles. The molecular formula is C27H39N3O5S. The van der Waals surface area contributed by atoms with Crippen LogP contribution in [-0.2, 0) is 21.2 Å². The third-order valence-electron chi connectivity index (χ3n) is 6.41. The molecule has 8 nitrogen and oxygen atoms in total. The molecule has 0 radical (unpaired) electrons. The molecule has 0 saturated carbocycles. The maximum atomic E-state index is 13.5. The summed E-state index contributed by atoms with van der Waals surface area (Å²) in [5.41, 5.74) is 0.956. The van der Waals surface area contributed by atoms with Crippen LogP contribution in [0.25, 0.3) is 0 Å². The van der Waals surface area contributed by atoms with Gasteiger partial charge < -0.3 is 20.5 Å². The summed E-state index contributed by atoms with van der Waals surface area (Å²) >= 11 is 0. The highest BCUT2D eigenvalue weighted by molar-refractivity contribution is 7.89. The zero-order valence-corrected chi connectivity index (χ0v) is 22.2. The second-order valence-corrected chi connectivity index (χ2v) is 11.7. The Morgan fingerprint density at radius 1 is 1.14 bits per heavy atom. The summed E-state index contributed by atoms with van der Waals surface area (Å²) < 4.78 is 33.5. The number of rotatable bonds is 12. The van der Waals surface area contributed by atoms with Gasteiger partial charge in [-0.2, -0.15) is 4.31 Å². The summed E-state index contributed by atoms with van der Waals surface area (Å²) in [4.78, 5) is 13.2. The smallest absolute Gasteiger partial charge is 0.243 e. The van der Waals surface area contributed by atoms with E-state index >= 15 is 0 Å². The Kier molecular flexibility index (Phi) is 10.3. The quantitative estimate of drug-likeness (QED) is 0.399. The first-order valence-electron chi connectivity index (χ1n) is 12.6. The van der Waals surface area contributed by atoms with E-state index < -0.39 is 22.2 Å². The van der Waals surface area contributed by atoms with Crippen molar-refractivity contribution in [2.75, 3.05) is 33.3 Å². The van der Waals surface area contributed by atoms with Gasteiger partial charge in [-0.1, -0.05) is 44.2 Å². The molecule has 9 heteroatoms. The second kappa shape index (κ2) is 13.2.